The van der Waals surface area contributed by atoms with E-state index < -0.39 is 0 Å². The molecule has 17 heavy (non-hydrogen) atoms. The Balaban J connectivity index is 1.92. The summed E-state index contributed by atoms with van der Waals surface area (Å²) in [5.41, 5.74) is -0.149. The molecule has 1 spiro atoms. The summed E-state index contributed by atoms with van der Waals surface area (Å²) in [6.07, 6.45) is 3.33. The Labute approximate surface area is 104 Å². The maximum absolute atomic E-state index is 12.3. The van der Waals surface area contributed by atoms with E-state index in [2.05, 4.69) is 35.9 Å². The molecule has 4 heteroatoms. The third-order valence-electron chi connectivity index (χ3n) is 4.18. The maximum Gasteiger partial charge on any atom is 0.244 e. The summed E-state index contributed by atoms with van der Waals surface area (Å²) in [6, 6.07) is 0. The topological polar surface area (TPSA) is 35.6 Å². The summed E-state index contributed by atoms with van der Waals surface area (Å²) in [5, 5.41) is 3.51. The molecule has 1 aliphatic heterocycles. The summed E-state index contributed by atoms with van der Waals surface area (Å²) in [6.45, 7) is 10.5. The molecule has 1 unspecified atom stereocenters. The second-order valence-corrected chi connectivity index (χ2v) is 5.18. The van der Waals surface area contributed by atoms with Crippen molar-refractivity contribution in [3.8, 4) is 0 Å². The molecule has 1 atom stereocenters. The molecule has 2 aliphatic rings. The molecule has 1 saturated carbocycles. The standard InChI is InChI=1S/C13H25N3O/c1-4-11-14-13(7-8-13)12(17)16(11)10-9-15(5-2)6-3/h11,14H,4-10H2,1-3H3. The van der Waals surface area contributed by atoms with Gasteiger partial charge in [0, 0.05) is 13.1 Å². The van der Waals surface area contributed by atoms with Crippen LogP contribution in [0.4, 0.5) is 0 Å². The maximum atomic E-state index is 12.3. The second-order valence-electron chi connectivity index (χ2n) is 5.18. The smallest absolute Gasteiger partial charge is 0.244 e. The van der Waals surface area contributed by atoms with E-state index in [0.29, 0.717) is 5.91 Å². The summed E-state index contributed by atoms with van der Waals surface area (Å²) >= 11 is 0. The molecular formula is C13H25N3O. The first-order valence-corrected chi connectivity index (χ1v) is 6.98. The van der Waals surface area contributed by atoms with Crippen molar-refractivity contribution in [3.05, 3.63) is 0 Å². The fourth-order valence-corrected chi connectivity index (χ4v) is 2.73. The van der Waals surface area contributed by atoms with Crippen molar-refractivity contribution in [1.29, 1.82) is 0 Å². The molecule has 0 aromatic carbocycles. The molecule has 2 fully saturated rings. The van der Waals surface area contributed by atoms with E-state index >= 15 is 0 Å². The van der Waals surface area contributed by atoms with Gasteiger partial charge in [-0.25, -0.2) is 0 Å². The van der Waals surface area contributed by atoms with Gasteiger partial charge in [-0.3, -0.25) is 10.1 Å². The number of likely N-dealkylation sites (N-methyl/N-ethyl adjacent to an activating group) is 1. The van der Waals surface area contributed by atoms with Gasteiger partial charge in [-0.05, 0) is 32.4 Å². The predicted octanol–water partition coefficient (Wildman–Crippen LogP) is 1.03. The lowest BCUT2D eigenvalue weighted by Gasteiger charge is -2.26. The second kappa shape index (κ2) is 4.94. The highest BCUT2D eigenvalue weighted by atomic mass is 16.2. The fraction of sp³-hybridized carbons (Fsp3) is 0.923. The van der Waals surface area contributed by atoms with Crippen LogP contribution < -0.4 is 5.32 Å². The van der Waals surface area contributed by atoms with Crippen LogP contribution in [0.1, 0.15) is 40.0 Å². The van der Waals surface area contributed by atoms with E-state index in [4.69, 9.17) is 0 Å². The van der Waals surface area contributed by atoms with Crippen LogP contribution in [-0.2, 0) is 4.79 Å². The average Bonchev–Trinajstić information content (AvgIpc) is 3.07. The van der Waals surface area contributed by atoms with Crippen LogP contribution in [0.5, 0.6) is 0 Å². The van der Waals surface area contributed by atoms with Gasteiger partial charge in [0.15, 0.2) is 0 Å². The van der Waals surface area contributed by atoms with Crippen molar-refractivity contribution >= 4 is 5.91 Å². The van der Waals surface area contributed by atoms with Gasteiger partial charge in [-0.15, -0.1) is 0 Å². The first-order chi connectivity index (χ1) is 8.16. The zero-order chi connectivity index (χ0) is 12.5. The zero-order valence-corrected chi connectivity index (χ0v) is 11.3. The lowest BCUT2D eigenvalue weighted by Crippen LogP contribution is -2.42. The average molecular weight is 239 g/mol. The molecule has 0 bridgehead atoms. The Hall–Kier alpha value is -0.610. The molecule has 1 aliphatic carbocycles. The van der Waals surface area contributed by atoms with Crippen LogP contribution in [0, 0.1) is 0 Å². The highest BCUT2D eigenvalue weighted by Crippen LogP contribution is 2.42. The van der Waals surface area contributed by atoms with Gasteiger partial charge in [0.1, 0.15) is 0 Å². The molecule has 1 amide bonds. The number of hydrogen-bond donors (Lipinski definition) is 1. The van der Waals surface area contributed by atoms with E-state index in [1.54, 1.807) is 0 Å². The van der Waals surface area contributed by atoms with E-state index in [1.807, 2.05) is 0 Å². The van der Waals surface area contributed by atoms with Gasteiger partial charge in [-0.1, -0.05) is 20.8 Å². The van der Waals surface area contributed by atoms with Crippen LogP contribution >= 0.6 is 0 Å². The van der Waals surface area contributed by atoms with Crippen LogP contribution in [0.2, 0.25) is 0 Å². The number of carbonyl (C=O) groups is 1. The molecule has 98 valence electrons. The molecule has 0 radical (unpaired) electrons. The lowest BCUT2D eigenvalue weighted by atomic mass is 10.3. The van der Waals surface area contributed by atoms with Crippen molar-refractivity contribution in [2.24, 2.45) is 0 Å². The predicted molar refractivity (Wildman–Crippen MR) is 68.7 cm³/mol. The van der Waals surface area contributed by atoms with Crippen LogP contribution in [0.3, 0.4) is 0 Å². The van der Waals surface area contributed by atoms with Crippen molar-refractivity contribution in [2.45, 2.75) is 51.7 Å². The van der Waals surface area contributed by atoms with Crippen molar-refractivity contribution in [2.75, 3.05) is 26.2 Å². The van der Waals surface area contributed by atoms with Gasteiger partial charge in [0.25, 0.3) is 0 Å². The third kappa shape index (κ3) is 2.33. The van der Waals surface area contributed by atoms with Crippen LogP contribution in [0.25, 0.3) is 0 Å². The minimum atomic E-state index is -0.149. The Morgan fingerprint density at radius 3 is 2.47 bits per heavy atom. The molecule has 2 rings (SSSR count). The van der Waals surface area contributed by atoms with Crippen LogP contribution in [0.15, 0.2) is 0 Å². The normalized spacial score (nSPS) is 26.2. The molecule has 4 nitrogen and oxygen atoms in total. The highest BCUT2D eigenvalue weighted by molar-refractivity contribution is 5.91. The lowest BCUT2D eigenvalue weighted by molar-refractivity contribution is -0.131. The van der Waals surface area contributed by atoms with Gasteiger partial charge in [0.2, 0.25) is 5.91 Å². The Morgan fingerprint density at radius 2 is 2.00 bits per heavy atom. The molecule has 1 N–H and O–H groups in total. The third-order valence-corrected chi connectivity index (χ3v) is 4.18. The molecule has 0 aromatic rings. The largest absolute Gasteiger partial charge is 0.324 e. The zero-order valence-electron chi connectivity index (χ0n) is 11.3. The highest BCUT2D eigenvalue weighted by Gasteiger charge is 2.58. The monoisotopic (exact) mass is 239 g/mol. The molecule has 1 heterocycles. The summed E-state index contributed by atoms with van der Waals surface area (Å²) in [7, 11) is 0. The summed E-state index contributed by atoms with van der Waals surface area (Å²) in [4.78, 5) is 16.7. The quantitative estimate of drug-likeness (QED) is 0.752. The number of nitrogens with one attached hydrogen (secondary N) is 1. The van der Waals surface area contributed by atoms with Crippen molar-refractivity contribution in [3.63, 3.8) is 0 Å². The fourth-order valence-electron chi connectivity index (χ4n) is 2.73. The van der Waals surface area contributed by atoms with Crippen molar-refractivity contribution < 1.29 is 4.79 Å². The first kappa shape index (κ1) is 12.8. The van der Waals surface area contributed by atoms with Gasteiger partial charge < -0.3 is 9.80 Å². The number of nitrogens with zero attached hydrogens (tertiary/aromatic N) is 2. The van der Waals surface area contributed by atoms with Gasteiger partial charge in [-0.2, -0.15) is 0 Å². The Bertz CT molecular complexity index is 284. The minimum Gasteiger partial charge on any atom is -0.324 e. The minimum absolute atomic E-state index is 0.149. The van der Waals surface area contributed by atoms with Gasteiger partial charge >= 0.3 is 0 Å². The molecule has 0 aromatic heterocycles. The Kier molecular flexibility index (Phi) is 3.73. The van der Waals surface area contributed by atoms with E-state index in [1.165, 1.54) is 0 Å². The molecule has 1 saturated heterocycles. The summed E-state index contributed by atoms with van der Waals surface area (Å²) < 4.78 is 0. The number of amides is 1. The SMILES string of the molecule is CCC1NC2(CC2)C(=O)N1CCN(CC)CC. The number of carbonyl (C=O) groups excluding carboxylic acids is 1. The van der Waals surface area contributed by atoms with E-state index in [9.17, 15) is 4.79 Å². The summed E-state index contributed by atoms with van der Waals surface area (Å²) in [5.74, 6) is 0.344. The first-order valence-electron chi connectivity index (χ1n) is 6.98. The van der Waals surface area contributed by atoms with E-state index in [0.717, 1.165) is 45.4 Å². The van der Waals surface area contributed by atoms with Crippen LogP contribution in [-0.4, -0.2) is 53.6 Å². The van der Waals surface area contributed by atoms with Gasteiger partial charge in [0.05, 0.1) is 11.7 Å². The van der Waals surface area contributed by atoms with E-state index in [-0.39, 0.29) is 11.7 Å². The Morgan fingerprint density at radius 1 is 1.35 bits per heavy atom. The number of rotatable bonds is 6. The van der Waals surface area contributed by atoms with Crippen molar-refractivity contribution in [1.82, 2.24) is 15.1 Å². The number of hydrogen-bond acceptors (Lipinski definition) is 3. The molecular weight excluding hydrogens is 214 g/mol.